The number of halogens is 3. The molecule has 1 N–H and O–H groups in total. The summed E-state index contributed by atoms with van der Waals surface area (Å²) in [6, 6.07) is 14.4. The largest absolute Gasteiger partial charge is 0.457 e. The Morgan fingerprint density at radius 3 is 2.35 bits per heavy atom. The third kappa shape index (κ3) is 5.61. The van der Waals surface area contributed by atoms with Crippen molar-refractivity contribution >= 4 is 11.6 Å². The Morgan fingerprint density at radius 2 is 1.71 bits per heavy atom. The van der Waals surface area contributed by atoms with Gasteiger partial charge in [-0.1, -0.05) is 12.1 Å². The van der Waals surface area contributed by atoms with E-state index in [2.05, 4.69) is 10.3 Å². The molecule has 0 saturated carbocycles. The monoisotopic (exact) mass is 430 g/mol. The van der Waals surface area contributed by atoms with Gasteiger partial charge in [0.05, 0.1) is 28.6 Å². The molecule has 8 heteroatoms. The van der Waals surface area contributed by atoms with Crippen LogP contribution >= 0.6 is 0 Å². The fraction of sp³-hybridized carbons (Fsp3) is 0.217. The number of nitrogens with zero attached hydrogens (tertiary/aromatic N) is 1. The second-order valence-corrected chi connectivity index (χ2v) is 6.86. The fourth-order valence-electron chi connectivity index (χ4n) is 2.88. The van der Waals surface area contributed by atoms with Crippen molar-refractivity contribution in [3.63, 3.8) is 0 Å². The number of pyridine rings is 1. The second-order valence-electron chi connectivity index (χ2n) is 6.86. The van der Waals surface area contributed by atoms with E-state index in [0.717, 1.165) is 12.1 Å². The fourth-order valence-corrected chi connectivity index (χ4v) is 2.88. The summed E-state index contributed by atoms with van der Waals surface area (Å²) in [6.45, 7) is 3.59. The van der Waals surface area contributed by atoms with E-state index in [1.54, 1.807) is 44.4 Å². The normalized spacial score (nSPS) is 12.3. The number of benzene rings is 2. The lowest BCUT2D eigenvalue weighted by atomic mass is 10.1. The zero-order chi connectivity index (χ0) is 22.6. The molecule has 2 aromatic carbocycles. The third-order valence-electron chi connectivity index (χ3n) is 4.61. The molecule has 3 aromatic rings. The Kier molecular flexibility index (Phi) is 6.60. The summed E-state index contributed by atoms with van der Waals surface area (Å²) in [4.78, 5) is 17.1. The maximum absolute atomic E-state index is 12.9. The zero-order valence-electron chi connectivity index (χ0n) is 17.2. The number of carbonyl (C=O) groups is 1. The number of hydrogen-bond donors (Lipinski definition) is 1. The van der Waals surface area contributed by atoms with Gasteiger partial charge in [0.25, 0.3) is 5.91 Å². The van der Waals surface area contributed by atoms with E-state index in [9.17, 15) is 18.0 Å². The number of carbonyl (C=O) groups excluding carboxylic acids is 1. The average Bonchev–Trinajstić information content (AvgIpc) is 2.72. The predicted octanol–water partition coefficient (Wildman–Crippen LogP) is 6.16. The lowest BCUT2D eigenvalue weighted by Gasteiger charge is -2.13. The van der Waals surface area contributed by atoms with Gasteiger partial charge in [-0.3, -0.25) is 9.78 Å². The van der Waals surface area contributed by atoms with Gasteiger partial charge in [0.1, 0.15) is 11.5 Å². The van der Waals surface area contributed by atoms with Crippen LogP contribution in [0.1, 0.15) is 40.3 Å². The number of methoxy groups -OCH3 is 1. The smallest absolute Gasteiger partial charge is 0.416 e. The molecule has 0 bridgehead atoms. The highest BCUT2D eigenvalue weighted by molar-refractivity contribution is 6.05. The lowest BCUT2D eigenvalue weighted by Crippen LogP contribution is -2.15. The molecule has 0 aliphatic heterocycles. The van der Waals surface area contributed by atoms with Crippen LogP contribution < -0.4 is 10.1 Å². The first-order chi connectivity index (χ1) is 14.7. The van der Waals surface area contributed by atoms with Crippen LogP contribution in [0.25, 0.3) is 0 Å². The molecule has 1 aromatic heterocycles. The third-order valence-corrected chi connectivity index (χ3v) is 4.61. The van der Waals surface area contributed by atoms with Crippen LogP contribution in [-0.4, -0.2) is 18.0 Å². The van der Waals surface area contributed by atoms with Gasteiger partial charge in [0.15, 0.2) is 0 Å². The number of ether oxygens (including phenoxy) is 2. The highest BCUT2D eigenvalue weighted by Gasteiger charge is 2.30. The molecule has 1 heterocycles. The van der Waals surface area contributed by atoms with Crippen molar-refractivity contribution < 1.29 is 27.4 Å². The molecule has 162 valence electrons. The van der Waals surface area contributed by atoms with Gasteiger partial charge in [0.2, 0.25) is 0 Å². The van der Waals surface area contributed by atoms with Gasteiger partial charge in [0, 0.05) is 18.9 Å². The number of hydrogen-bond acceptors (Lipinski definition) is 4. The lowest BCUT2D eigenvalue weighted by molar-refractivity contribution is -0.137. The Hall–Kier alpha value is -3.39. The van der Waals surface area contributed by atoms with Crippen LogP contribution in [0.4, 0.5) is 18.9 Å². The van der Waals surface area contributed by atoms with Crippen LogP contribution in [0.2, 0.25) is 0 Å². The van der Waals surface area contributed by atoms with Crippen molar-refractivity contribution in [2.24, 2.45) is 0 Å². The first-order valence-corrected chi connectivity index (χ1v) is 9.44. The number of amides is 1. The highest BCUT2D eigenvalue weighted by atomic mass is 19.4. The molecule has 0 aliphatic carbocycles. The van der Waals surface area contributed by atoms with Gasteiger partial charge in [-0.25, -0.2) is 0 Å². The molecule has 1 unspecified atom stereocenters. The number of nitrogens with one attached hydrogen (secondary N) is 1. The SMILES string of the molecule is COC(C)c1ccc(C(=O)Nc2cccc(Oc3cccc(C(F)(F)F)c3)c2)c(C)n1. The maximum atomic E-state index is 12.9. The van der Waals surface area contributed by atoms with Crippen molar-refractivity contribution in [3.05, 3.63) is 83.2 Å². The Balaban J connectivity index is 1.75. The van der Waals surface area contributed by atoms with Gasteiger partial charge < -0.3 is 14.8 Å². The molecular weight excluding hydrogens is 409 g/mol. The molecule has 31 heavy (non-hydrogen) atoms. The second kappa shape index (κ2) is 9.18. The molecule has 1 atom stereocenters. The molecule has 0 fully saturated rings. The predicted molar refractivity (Wildman–Crippen MR) is 110 cm³/mol. The Bertz CT molecular complexity index is 1080. The average molecular weight is 430 g/mol. The maximum Gasteiger partial charge on any atom is 0.416 e. The van der Waals surface area contributed by atoms with Crippen LogP contribution in [-0.2, 0) is 10.9 Å². The topological polar surface area (TPSA) is 60.5 Å². The van der Waals surface area contributed by atoms with Crippen LogP contribution in [0.5, 0.6) is 11.5 Å². The van der Waals surface area contributed by atoms with Crippen molar-refractivity contribution in [2.75, 3.05) is 12.4 Å². The molecule has 0 aliphatic rings. The minimum Gasteiger partial charge on any atom is -0.457 e. The molecule has 1 amide bonds. The summed E-state index contributed by atoms with van der Waals surface area (Å²) in [7, 11) is 1.58. The summed E-state index contributed by atoms with van der Waals surface area (Å²) < 4.78 is 49.4. The van der Waals surface area contributed by atoms with Crippen molar-refractivity contribution in [1.29, 1.82) is 0 Å². The van der Waals surface area contributed by atoms with E-state index in [4.69, 9.17) is 9.47 Å². The van der Waals surface area contributed by atoms with Crippen molar-refractivity contribution in [1.82, 2.24) is 4.98 Å². The number of rotatable bonds is 6. The molecule has 3 rings (SSSR count). The number of anilines is 1. The van der Waals surface area contributed by atoms with Crippen LogP contribution in [0.3, 0.4) is 0 Å². The van der Waals surface area contributed by atoms with Gasteiger partial charge in [-0.05, 0) is 56.3 Å². The van der Waals surface area contributed by atoms with E-state index >= 15 is 0 Å². The molecular formula is C23H21F3N2O3. The Morgan fingerprint density at radius 1 is 1.03 bits per heavy atom. The highest BCUT2D eigenvalue weighted by Crippen LogP contribution is 2.33. The first-order valence-electron chi connectivity index (χ1n) is 9.44. The minimum absolute atomic E-state index is 0.0428. The summed E-state index contributed by atoms with van der Waals surface area (Å²) in [5, 5.41) is 2.75. The number of aromatic nitrogens is 1. The molecule has 0 spiro atoms. The summed E-state index contributed by atoms with van der Waals surface area (Å²) in [5.41, 5.74) is 1.30. The number of aryl methyl sites for hydroxylation is 1. The van der Waals surface area contributed by atoms with Crippen LogP contribution in [0.15, 0.2) is 60.7 Å². The minimum atomic E-state index is -4.46. The Labute approximate surface area is 177 Å². The molecule has 0 saturated heterocycles. The van der Waals surface area contributed by atoms with Crippen molar-refractivity contribution in [2.45, 2.75) is 26.1 Å². The van der Waals surface area contributed by atoms with E-state index in [0.29, 0.717) is 22.6 Å². The van der Waals surface area contributed by atoms with Gasteiger partial charge >= 0.3 is 6.18 Å². The quantitative estimate of drug-likeness (QED) is 0.509. The van der Waals surface area contributed by atoms with E-state index < -0.39 is 11.7 Å². The zero-order valence-corrected chi connectivity index (χ0v) is 17.2. The summed E-state index contributed by atoms with van der Waals surface area (Å²) in [6.07, 6.45) is -4.65. The van der Waals surface area contributed by atoms with E-state index in [1.165, 1.54) is 18.2 Å². The van der Waals surface area contributed by atoms with Gasteiger partial charge in [-0.2, -0.15) is 13.2 Å². The molecule has 0 radical (unpaired) electrons. The number of alkyl halides is 3. The summed E-state index contributed by atoms with van der Waals surface area (Å²) >= 11 is 0. The summed E-state index contributed by atoms with van der Waals surface area (Å²) in [5.74, 6) is -0.0322. The van der Waals surface area contributed by atoms with Gasteiger partial charge in [-0.15, -0.1) is 0 Å². The standard InChI is InChI=1S/C23H21F3N2O3/c1-14-20(10-11-21(27-14)15(2)30-3)22(29)28-17-7-5-9-19(13-17)31-18-8-4-6-16(12-18)23(24,25)26/h4-13,15H,1-3H3,(H,28,29). The van der Waals surface area contributed by atoms with Crippen LogP contribution in [0, 0.1) is 6.92 Å². The van der Waals surface area contributed by atoms with Crippen molar-refractivity contribution in [3.8, 4) is 11.5 Å². The molecule has 5 nitrogen and oxygen atoms in total. The van der Waals surface area contributed by atoms with E-state index in [1.807, 2.05) is 6.92 Å². The first kappa shape index (κ1) is 22.3. The van der Waals surface area contributed by atoms with E-state index in [-0.39, 0.29) is 23.5 Å².